The summed E-state index contributed by atoms with van der Waals surface area (Å²) in [6, 6.07) is 2.02. The van der Waals surface area contributed by atoms with Gasteiger partial charge in [-0.05, 0) is 63.1 Å². The van der Waals surface area contributed by atoms with E-state index >= 15 is 0 Å². The van der Waals surface area contributed by atoms with E-state index in [1.54, 1.807) is 27.7 Å². The number of carbonyl (C=O) groups excluding carboxylic acids is 3. The standard InChI is InChI=1S/C32H40N6O11S2/c1-31(2)21(29(46)47)37-26(50-31)19(35-23(41)17(33)13-5-9-15(39)10-6-13)25(43)34-18(14-7-11-16(40)12-8-14)24(42)36-20(28(44)45)27-38-22(30(48)49)32(3,4)51-27/h5-12,17-22,26-27,37-40H,33H2,1-4H3,(H,34,43)(H,35,41)(H,36,42)(H,44,45)(H,46,47)(H,48,49)/t17?,18-,19?,20+,21+,22+,26-,27-/m1/s1. The largest absolute Gasteiger partial charge is 0.508 e. The lowest BCUT2D eigenvalue weighted by Gasteiger charge is -2.29. The van der Waals surface area contributed by atoms with E-state index in [0.29, 0.717) is 0 Å². The van der Waals surface area contributed by atoms with Crippen LogP contribution in [0.15, 0.2) is 48.5 Å². The molecular weight excluding hydrogens is 709 g/mol. The quantitative estimate of drug-likeness (QED) is 0.126. The fraction of sp³-hybridized carbons (Fsp3) is 0.438. The van der Waals surface area contributed by atoms with Gasteiger partial charge in [0.25, 0.3) is 0 Å². The van der Waals surface area contributed by atoms with Crippen LogP contribution in [0.2, 0.25) is 0 Å². The minimum atomic E-state index is -1.68. The smallest absolute Gasteiger partial charge is 0.328 e. The molecule has 2 aliphatic heterocycles. The second kappa shape index (κ2) is 15.4. The normalized spacial score (nSPS) is 24.3. The Bertz CT molecular complexity index is 1670. The Hall–Kier alpha value is -4.56. The molecule has 0 aliphatic carbocycles. The van der Waals surface area contributed by atoms with E-state index in [0.717, 1.165) is 23.5 Å². The van der Waals surface area contributed by atoms with Gasteiger partial charge in [-0.25, -0.2) is 4.79 Å². The molecule has 0 spiro atoms. The van der Waals surface area contributed by atoms with Crippen molar-refractivity contribution >= 4 is 59.2 Å². The Kier molecular flexibility index (Phi) is 11.8. The van der Waals surface area contributed by atoms with Crippen molar-refractivity contribution in [1.82, 2.24) is 26.6 Å². The Morgan fingerprint density at radius 1 is 0.647 bits per heavy atom. The van der Waals surface area contributed by atoms with Crippen LogP contribution < -0.4 is 32.3 Å². The molecule has 2 saturated heterocycles. The zero-order valence-corrected chi connectivity index (χ0v) is 29.5. The summed E-state index contributed by atoms with van der Waals surface area (Å²) in [5.41, 5.74) is 6.56. The van der Waals surface area contributed by atoms with Crippen LogP contribution in [0.25, 0.3) is 0 Å². The van der Waals surface area contributed by atoms with Crippen LogP contribution >= 0.6 is 23.5 Å². The van der Waals surface area contributed by atoms with Crippen LogP contribution in [0, 0.1) is 0 Å². The SMILES string of the molecule is CC1(C)S[C@H](C(NC(=O)C(N)c2ccc(O)cc2)C(=O)N[C@@H](C(=O)N[C@H](C(=O)O)[C@@H]2N[C@@H](C(=O)O)C(C)(C)S2)c2ccc(O)cc2)N[C@H]1C(=O)O. The number of aliphatic carboxylic acids is 3. The molecule has 2 fully saturated rings. The van der Waals surface area contributed by atoms with Crippen LogP contribution in [-0.2, 0) is 28.8 Å². The molecule has 0 aromatic heterocycles. The Morgan fingerprint density at radius 3 is 1.47 bits per heavy atom. The van der Waals surface area contributed by atoms with Crippen molar-refractivity contribution in [3.8, 4) is 11.5 Å². The fourth-order valence-corrected chi connectivity index (χ4v) is 8.69. The van der Waals surface area contributed by atoms with E-state index in [2.05, 4.69) is 26.6 Å². The van der Waals surface area contributed by atoms with Crippen LogP contribution in [0.3, 0.4) is 0 Å². The number of nitrogens with two attached hydrogens (primary N) is 1. The summed E-state index contributed by atoms with van der Waals surface area (Å²) in [6.45, 7) is 6.48. The summed E-state index contributed by atoms with van der Waals surface area (Å²) in [6.07, 6.45) is 0. The van der Waals surface area contributed by atoms with Gasteiger partial charge in [0.2, 0.25) is 17.7 Å². The summed E-state index contributed by atoms with van der Waals surface area (Å²) >= 11 is 2.05. The predicted molar refractivity (Wildman–Crippen MR) is 186 cm³/mol. The first-order valence-electron chi connectivity index (χ1n) is 15.5. The van der Waals surface area contributed by atoms with Crippen molar-refractivity contribution in [2.45, 2.75) is 84.2 Å². The average molecular weight is 749 g/mol. The topological polar surface area (TPSA) is 290 Å². The zero-order valence-electron chi connectivity index (χ0n) is 27.8. The number of carbonyl (C=O) groups is 6. The molecule has 17 nitrogen and oxygen atoms in total. The van der Waals surface area contributed by atoms with Gasteiger partial charge in [-0.2, -0.15) is 0 Å². The van der Waals surface area contributed by atoms with Gasteiger partial charge in [0.15, 0.2) is 6.04 Å². The molecular formula is C32H40N6O11S2. The van der Waals surface area contributed by atoms with Crippen molar-refractivity contribution in [1.29, 1.82) is 0 Å². The second-order valence-electron chi connectivity index (χ2n) is 13.1. The lowest BCUT2D eigenvalue weighted by atomic mass is 10.0. The Morgan fingerprint density at radius 2 is 1.06 bits per heavy atom. The molecule has 2 aliphatic rings. The Labute approximate surface area is 300 Å². The van der Waals surface area contributed by atoms with Gasteiger partial charge < -0.3 is 47.2 Å². The first kappa shape index (κ1) is 39.2. The zero-order chi connectivity index (χ0) is 38.0. The summed E-state index contributed by atoms with van der Waals surface area (Å²) in [4.78, 5) is 77.8. The molecule has 19 heteroatoms. The lowest BCUT2D eigenvalue weighted by Crippen LogP contribution is -2.60. The molecule has 0 saturated carbocycles. The molecule has 12 N–H and O–H groups in total. The van der Waals surface area contributed by atoms with Gasteiger partial charge in [0.1, 0.15) is 41.7 Å². The molecule has 3 amide bonds. The molecule has 2 aromatic rings. The summed E-state index contributed by atoms with van der Waals surface area (Å²) < 4.78 is -1.94. The third-order valence-corrected chi connectivity index (χ3v) is 11.5. The highest BCUT2D eigenvalue weighted by Crippen LogP contribution is 2.40. The molecule has 2 unspecified atom stereocenters. The number of hydrogen-bond acceptors (Lipinski definition) is 13. The van der Waals surface area contributed by atoms with E-state index < -0.39 is 92.1 Å². The second-order valence-corrected chi connectivity index (χ2v) is 16.7. The van der Waals surface area contributed by atoms with Gasteiger partial charge >= 0.3 is 17.9 Å². The fourth-order valence-electron chi connectivity index (χ4n) is 5.71. The Balaban J connectivity index is 1.66. The maximum absolute atomic E-state index is 14.2. The van der Waals surface area contributed by atoms with E-state index in [4.69, 9.17) is 5.73 Å². The molecule has 4 rings (SSSR count). The first-order chi connectivity index (χ1) is 23.7. The van der Waals surface area contributed by atoms with Gasteiger partial charge in [0, 0.05) is 9.49 Å². The number of amides is 3. The number of hydrogen-bond donors (Lipinski definition) is 11. The molecule has 2 aromatic carbocycles. The van der Waals surface area contributed by atoms with Crippen LogP contribution in [0.4, 0.5) is 0 Å². The van der Waals surface area contributed by atoms with E-state index in [1.165, 1.54) is 48.5 Å². The number of rotatable bonds is 13. The molecule has 2 heterocycles. The highest BCUT2D eigenvalue weighted by Gasteiger charge is 2.51. The van der Waals surface area contributed by atoms with Gasteiger partial charge in [-0.1, -0.05) is 24.3 Å². The van der Waals surface area contributed by atoms with Gasteiger partial charge in [-0.15, -0.1) is 23.5 Å². The number of aromatic hydroxyl groups is 2. The van der Waals surface area contributed by atoms with Crippen molar-refractivity contribution in [2.75, 3.05) is 0 Å². The number of carboxylic acids is 3. The third kappa shape index (κ3) is 9.03. The summed E-state index contributed by atoms with van der Waals surface area (Å²) in [5.74, 6) is -7.03. The van der Waals surface area contributed by atoms with E-state index in [9.17, 15) is 54.3 Å². The number of carboxylic acid groups (broad SMARTS) is 3. The maximum Gasteiger partial charge on any atom is 0.328 e. The highest BCUT2D eigenvalue weighted by atomic mass is 32.2. The number of nitrogens with one attached hydrogen (secondary N) is 5. The minimum Gasteiger partial charge on any atom is -0.508 e. The van der Waals surface area contributed by atoms with Gasteiger partial charge in [-0.3, -0.25) is 34.6 Å². The number of thioether (sulfide) groups is 2. The highest BCUT2D eigenvalue weighted by molar-refractivity contribution is 8.01. The van der Waals surface area contributed by atoms with Crippen molar-refractivity contribution in [2.24, 2.45) is 5.73 Å². The van der Waals surface area contributed by atoms with E-state index in [1.807, 2.05) is 0 Å². The molecule has 8 atom stereocenters. The lowest BCUT2D eigenvalue weighted by molar-refractivity contribution is -0.143. The average Bonchev–Trinajstić information content (AvgIpc) is 3.55. The number of phenolic OH excluding ortho intramolecular Hbond substituents is 2. The first-order valence-corrected chi connectivity index (χ1v) is 17.3. The molecule has 276 valence electrons. The van der Waals surface area contributed by atoms with Crippen LogP contribution in [0.1, 0.15) is 50.9 Å². The van der Waals surface area contributed by atoms with E-state index in [-0.39, 0.29) is 22.6 Å². The van der Waals surface area contributed by atoms with Crippen molar-refractivity contribution in [3.05, 3.63) is 59.7 Å². The third-order valence-electron chi connectivity index (χ3n) is 8.47. The van der Waals surface area contributed by atoms with Gasteiger partial charge in [0.05, 0.1) is 10.7 Å². The van der Waals surface area contributed by atoms with Crippen molar-refractivity contribution in [3.63, 3.8) is 0 Å². The summed E-state index contributed by atoms with van der Waals surface area (Å²) in [5, 5.41) is 60.0. The summed E-state index contributed by atoms with van der Waals surface area (Å²) in [7, 11) is 0. The molecule has 0 bridgehead atoms. The molecule has 51 heavy (non-hydrogen) atoms. The minimum absolute atomic E-state index is 0.0754. The van der Waals surface area contributed by atoms with Crippen LogP contribution in [0.5, 0.6) is 11.5 Å². The number of benzene rings is 2. The predicted octanol–water partition coefficient (Wildman–Crippen LogP) is -0.202. The molecule has 0 radical (unpaired) electrons. The van der Waals surface area contributed by atoms with Crippen LogP contribution in [-0.4, -0.2) is 106 Å². The maximum atomic E-state index is 14.2. The number of phenols is 2. The van der Waals surface area contributed by atoms with Crippen molar-refractivity contribution < 1.29 is 54.3 Å². The monoisotopic (exact) mass is 748 g/mol.